The molecule has 1 aliphatic carbocycles. The number of esters is 1. The fourth-order valence-corrected chi connectivity index (χ4v) is 3.16. The Hall–Kier alpha value is -2.81. The van der Waals surface area contributed by atoms with Crippen molar-refractivity contribution >= 4 is 23.6 Å². The van der Waals surface area contributed by atoms with Crippen LogP contribution in [0.2, 0.25) is 0 Å². The van der Waals surface area contributed by atoms with Crippen molar-refractivity contribution in [2.24, 2.45) is 5.92 Å². The summed E-state index contributed by atoms with van der Waals surface area (Å²) >= 11 is 0. The van der Waals surface area contributed by atoms with E-state index in [1.165, 1.54) is 12.5 Å². The second-order valence-corrected chi connectivity index (χ2v) is 7.17. The summed E-state index contributed by atoms with van der Waals surface area (Å²) in [4.78, 5) is 26.1. The van der Waals surface area contributed by atoms with Gasteiger partial charge in [0.05, 0.1) is 0 Å². The molecule has 0 spiro atoms. The van der Waals surface area contributed by atoms with Crippen molar-refractivity contribution in [3.8, 4) is 6.07 Å². The van der Waals surface area contributed by atoms with Gasteiger partial charge in [-0.05, 0) is 42.5 Å². The van der Waals surface area contributed by atoms with E-state index in [4.69, 9.17) is 4.74 Å². The van der Waals surface area contributed by atoms with Crippen molar-refractivity contribution in [2.75, 3.05) is 25.6 Å². The molecule has 1 amide bonds. The highest BCUT2D eigenvalue weighted by atomic mass is 16.5. The van der Waals surface area contributed by atoms with E-state index in [1.807, 2.05) is 49.3 Å². The van der Waals surface area contributed by atoms with Crippen LogP contribution in [-0.2, 0) is 14.3 Å². The van der Waals surface area contributed by atoms with Crippen LogP contribution in [0, 0.1) is 17.2 Å². The quantitative estimate of drug-likeness (QED) is 0.474. The Bertz CT molecular complexity index is 732. The number of benzene rings is 1. The monoisotopic (exact) mass is 369 g/mol. The second-order valence-electron chi connectivity index (χ2n) is 7.17. The third-order valence-electron chi connectivity index (χ3n) is 4.85. The zero-order valence-corrected chi connectivity index (χ0v) is 16.2. The third-order valence-corrected chi connectivity index (χ3v) is 4.85. The van der Waals surface area contributed by atoms with Gasteiger partial charge < -0.3 is 15.0 Å². The Labute approximate surface area is 160 Å². The van der Waals surface area contributed by atoms with Gasteiger partial charge in [0.1, 0.15) is 11.6 Å². The van der Waals surface area contributed by atoms with Gasteiger partial charge in [-0.3, -0.25) is 4.79 Å². The zero-order chi connectivity index (χ0) is 19.8. The van der Waals surface area contributed by atoms with Gasteiger partial charge in [-0.2, -0.15) is 5.26 Å². The summed E-state index contributed by atoms with van der Waals surface area (Å²) in [6, 6.07) is 9.40. The number of carbonyl (C=O) groups is 2. The molecule has 0 unspecified atom stereocenters. The largest absolute Gasteiger partial charge is 0.451 e. The Morgan fingerprint density at radius 2 is 1.93 bits per heavy atom. The summed E-state index contributed by atoms with van der Waals surface area (Å²) in [6.07, 6.45) is 5.80. The smallest absolute Gasteiger partial charge is 0.349 e. The predicted octanol–water partition coefficient (Wildman–Crippen LogP) is 2.90. The maximum absolute atomic E-state index is 12.1. The van der Waals surface area contributed by atoms with E-state index in [2.05, 4.69) is 12.2 Å². The van der Waals surface area contributed by atoms with Crippen LogP contribution in [0.4, 0.5) is 5.69 Å². The van der Waals surface area contributed by atoms with Crippen molar-refractivity contribution in [3.63, 3.8) is 0 Å². The van der Waals surface area contributed by atoms with Crippen LogP contribution in [0.1, 0.15) is 38.2 Å². The minimum Gasteiger partial charge on any atom is -0.451 e. The minimum atomic E-state index is -0.791. The molecule has 27 heavy (non-hydrogen) atoms. The highest BCUT2D eigenvalue weighted by Gasteiger charge is 2.23. The Morgan fingerprint density at radius 1 is 1.26 bits per heavy atom. The van der Waals surface area contributed by atoms with Gasteiger partial charge in [0.2, 0.25) is 0 Å². The van der Waals surface area contributed by atoms with Crippen LogP contribution < -0.4 is 10.2 Å². The molecule has 0 bridgehead atoms. The third kappa shape index (κ3) is 6.14. The normalized spacial score (nSPS) is 19.7. The van der Waals surface area contributed by atoms with Crippen molar-refractivity contribution in [1.29, 1.82) is 5.26 Å². The van der Waals surface area contributed by atoms with Crippen LogP contribution in [0.25, 0.3) is 6.08 Å². The van der Waals surface area contributed by atoms with Gasteiger partial charge in [-0.1, -0.05) is 31.9 Å². The topological polar surface area (TPSA) is 82.4 Å². The van der Waals surface area contributed by atoms with Crippen molar-refractivity contribution in [3.05, 3.63) is 35.4 Å². The summed E-state index contributed by atoms with van der Waals surface area (Å²) in [5, 5.41) is 12.2. The number of anilines is 1. The van der Waals surface area contributed by atoms with E-state index >= 15 is 0 Å². The highest BCUT2D eigenvalue weighted by molar-refractivity contribution is 5.98. The summed E-state index contributed by atoms with van der Waals surface area (Å²) in [5.41, 5.74) is 1.60. The molecule has 1 fully saturated rings. The number of nitrogens with zero attached hydrogens (tertiary/aromatic N) is 2. The Kier molecular flexibility index (Phi) is 7.42. The first-order valence-corrected chi connectivity index (χ1v) is 9.26. The van der Waals surface area contributed by atoms with Gasteiger partial charge in [0.25, 0.3) is 5.91 Å². The fourth-order valence-electron chi connectivity index (χ4n) is 3.16. The molecular weight excluding hydrogens is 342 g/mol. The van der Waals surface area contributed by atoms with Crippen LogP contribution in [0.3, 0.4) is 0 Å². The number of amides is 1. The Morgan fingerprint density at radius 3 is 2.52 bits per heavy atom. The van der Waals surface area contributed by atoms with Crippen LogP contribution in [-0.4, -0.2) is 38.6 Å². The van der Waals surface area contributed by atoms with E-state index < -0.39 is 5.97 Å². The lowest BCUT2D eigenvalue weighted by molar-refractivity contribution is -0.144. The van der Waals surface area contributed by atoms with Crippen LogP contribution in [0.15, 0.2) is 29.8 Å². The number of carbonyl (C=O) groups excluding carboxylic acids is 2. The molecule has 0 radical (unpaired) electrons. The summed E-state index contributed by atoms with van der Waals surface area (Å²) < 4.78 is 5.02. The molecule has 0 heterocycles. The first-order chi connectivity index (χ1) is 12.9. The van der Waals surface area contributed by atoms with Crippen LogP contribution in [0.5, 0.6) is 0 Å². The SMILES string of the molecule is C[C@H]1CCCC[C@H]1NC(=O)COC(=O)/C(C#N)=C/c1ccc(N(C)C)cc1. The minimum absolute atomic E-state index is 0.131. The average molecular weight is 369 g/mol. The van der Waals surface area contributed by atoms with E-state index in [-0.39, 0.29) is 24.1 Å². The van der Waals surface area contributed by atoms with Gasteiger partial charge in [-0.25, -0.2) is 4.79 Å². The molecular formula is C21H27N3O3. The number of hydrogen-bond acceptors (Lipinski definition) is 5. The molecule has 144 valence electrons. The molecule has 1 aromatic carbocycles. The zero-order valence-electron chi connectivity index (χ0n) is 16.2. The molecule has 0 saturated heterocycles. The molecule has 1 saturated carbocycles. The molecule has 6 heteroatoms. The summed E-state index contributed by atoms with van der Waals surface area (Å²) in [6.45, 7) is 1.74. The predicted molar refractivity (Wildman–Crippen MR) is 105 cm³/mol. The maximum atomic E-state index is 12.1. The molecule has 6 nitrogen and oxygen atoms in total. The van der Waals surface area contributed by atoms with E-state index in [1.54, 1.807) is 0 Å². The van der Waals surface area contributed by atoms with Crippen LogP contribution >= 0.6 is 0 Å². The molecule has 0 aromatic heterocycles. The maximum Gasteiger partial charge on any atom is 0.349 e. The number of hydrogen-bond donors (Lipinski definition) is 1. The molecule has 1 N–H and O–H groups in total. The number of nitrogens with one attached hydrogen (secondary N) is 1. The highest BCUT2D eigenvalue weighted by Crippen LogP contribution is 2.23. The number of nitriles is 1. The first kappa shape index (κ1) is 20.5. The van der Waals surface area contributed by atoms with Gasteiger partial charge in [0.15, 0.2) is 6.61 Å². The average Bonchev–Trinajstić information content (AvgIpc) is 2.66. The number of rotatable bonds is 6. The second kappa shape index (κ2) is 9.77. The standard InChI is InChI=1S/C21H27N3O3/c1-15-6-4-5-7-19(15)23-20(25)14-27-21(26)17(13-22)12-16-8-10-18(11-9-16)24(2)3/h8-12,15,19H,4-7,14H2,1-3H3,(H,23,25)/b17-12+/t15-,19+/m0/s1. The van der Waals surface area contributed by atoms with E-state index in [0.717, 1.165) is 30.5 Å². The summed E-state index contributed by atoms with van der Waals surface area (Å²) in [7, 11) is 3.87. The lowest BCUT2D eigenvalue weighted by Gasteiger charge is -2.29. The van der Waals surface area contributed by atoms with E-state index in [0.29, 0.717) is 5.92 Å². The summed E-state index contributed by atoms with van der Waals surface area (Å²) in [5.74, 6) is -0.686. The Balaban J connectivity index is 1.90. The number of ether oxygens (including phenoxy) is 1. The molecule has 2 atom stereocenters. The fraction of sp³-hybridized carbons (Fsp3) is 0.476. The lowest BCUT2D eigenvalue weighted by atomic mass is 9.86. The van der Waals surface area contributed by atoms with Crippen molar-refractivity contribution in [2.45, 2.75) is 38.6 Å². The van der Waals surface area contributed by atoms with Crippen molar-refractivity contribution in [1.82, 2.24) is 5.32 Å². The van der Waals surface area contributed by atoms with Gasteiger partial charge in [0, 0.05) is 25.8 Å². The van der Waals surface area contributed by atoms with Crippen molar-refractivity contribution < 1.29 is 14.3 Å². The molecule has 2 rings (SSSR count). The molecule has 1 aliphatic rings. The van der Waals surface area contributed by atoms with E-state index in [9.17, 15) is 14.9 Å². The van der Waals surface area contributed by atoms with Gasteiger partial charge >= 0.3 is 5.97 Å². The lowest BCUT2D eigenvalue weighted by Crippen LogP contribution is -2.42. The molecule has 1 aromatic rings. The molecule has 0 aliphatic heterocycles. The van der Waals surface area contributed by atoms with Gasteiger partial charge in [-0.15, -0.1) is 0 Å². The first-order valence-electron chi connectivity index (χ1n) is 9.26.